The molecular weight excluding hydrogens is 674 g/mol. The molecule has 1 N–H and O–H groups in total. The number of benzene rings is 4. The molecule has 0 saturated carbocycles. The first-order chi connectivity index (χ1) is 20.4. The van der Waals surface area contributed by atoms with Crippen LogP contribution in [0.2, 0.25) is 0 Å². The predicted octanol–water partition coefficient (Wildman–Crippen LogP) is 10.1. The van der Waals surface area contributed by atoms with Gasteiger partial charge in [-0.1, -0.05) is 89.6 Å². The van der Waals surface area contributed by atoms with Crippen molar-refractivity contribution in [2.45, 2.75) is 20.3 Å². The molecule has 0 spiro atoms. The largest absolute Gasteiger partial charge is 0.436 e. The SMILES string of the molecule is CCc1sc(NC(=O)c2cc3cc(Br)cc(Br)c3oc2=Nc2cccc(C)c2)nc1-c1ccc(-c2ccccc2)cc1. The lowest BCUT2D eigenvalue weighted by atomic mass is 10.0. The first-order valence-corrected chi connectivity index (χ1v) is 15.8. The van der Waals surface area contributed by atoms with Gasteiger partial charge in [-0.2, -0.15) is 0 Å². The van der Waals surface area contributed by atoms with Crippen molar-refractivity contribution in [1.82, 2.24) is 4.98 Å². The lowest BCUT2D eigenvalue weighted by Gasteiger charge is -2.07. The quantitative estimate of drug-likeness (QED) is 0.188. The van der Waals surface area contributed by atoms with Crippen molar-refractivity contribution in [2.24, 2.45) is 4.99 Å². The van der Waals surface area contributed by atoms with Crippen LogP contribution in [-0.2, 0) is 6.42 Å². The minimum atomic E-state index is -0.342. The second-order valence-corrected chi connectivity index (χ2v) is 12.6. The van der Waals surface area contributed by atoms with Crippen molar-refractivity contribution in [3.8, 4) is 22.4 Å². The molecule has 42 heavy (non-hydrogen) atoms. The van der Waals surface area contributed by atoms with Gasteiger partial charge < -0.3 is 4.42 Å². The van der Waals surface area contributed by atoms with E-state index in [1.54, 1.807) is 6.07 Å². The molecule has 4 aromatic carbocycles. The third-order valence-corrected chi connectivity index (χ3v) is 8.91. The van der Waals surface area contributed by atoms with Crippen LogP contribution in [0.25, 0.3) is 33.4 Å². The number of halogens is 2. The fourth-order valence-corrected chi connectivity index (χ4v) is 6.97. The molecule has 0 unspecified atom stereocenters. The van der Waals surface area contributed by atoms with Gasteiger partial charge in [0.25, 0.3) is 5.91 Å². The van der Waals surface area contributed by atoms with Crippen molar-refractivity contribution in [3.05, 3.63) is 128 Å². The Labute approximate surface area is 264 Å². The van der Waals surface area contributed by atoms with E-state index >= 15 is 0 Å². The normalized spacial score (nSPS) is 11.7. The van der Waals surface area contributed by atoms with Crippen LogP contribution < -0.4 is 10.9 Å². The van der Waals surface area contributed by atoms with Crippen LogP contribution in [0.15, 0.2) is 115 Å². The first kappa shape index (κ1) is 28.3. The van der Waals surface area contributed by atoms with Crippen LogP contribution >= 0.6 is 43.2 Å². The number of thiazole rings is 1. The number of aromatic nitrogens is 1. The zero-order valence-corrected chi connectivity index (χ0v) is 26.8. The number of hydrogen-bond donors (Lipinski definition) is 1. The monoisotopic (exact) mass is 697 g/mol. The Morgan fingerprint density at radius 1 is 0.905 bits per heavy atom. The van der Waals surface area contributed by atoms with Gasteiger partial charge in [0.15, 0.2) is 10.7 Å². The molecule has 1 amide bonds. The number of aryl methyl sites for hydroxylation is 2. The van der Waals surface area contributed by atoms with E-state index in [1.165, 1.54) is 11.3 Å². The highest BCUT2D eigenvalue weighted by Crippen LogP contribution is 2.34. The van der Waals surface area contributed by atoms with Crippen LogP contribution in [-0.4, -0.2) is 10.9 Å². The number of hydrogen-bond acceptors (Lipinski definition) is 5. The Hall–Kier alpha value is -3.85. The predicted molar refractivity (Wildman–Crippen MR) is 178 cm³/mol. The summed E-state index contributed by atoms with van der Waals surface area (Å²) in [5, 5.41) is 4.30. The van der Waals surface area contributed by atoms with Crippen molar-refractivity contribution >= 4 is 70.9 Å². The Morgan fingerprint density at radius 3 is 2.38 bits per heavy atom. The average molecular weight is 699 g/mol. The second kappa shape index (κ2) is 12.2. The molecule has 0 radical (unpaired) electrons. The fraction of sp³-hybridized carbons (Fsp3) is 0.0882. The van der Waals surface area contributed by atoms with E-state index in [0.717, 1.165) is 53.6 Å². The van der Waals surface area contributed by atoms with Crippen molar-refractivity contribution in [2.75, 3.05) is 5.32 Å². The maximum Gasteiger partial charge on any atom is 0.262 e. The molecule has 6 rings (SSSR count). The van der Waals surface area contributed by atoms with E-state index in [2.05, 4.69) is 80.5 Å². The van der Waals surface area contributed by atoms with Crippen LogP contribution in [0.3, 0.4) is 0 Å². The van der Waals surface area contributed by atoms with Gasteiger partial charge in [0.2, 0.25) is 5.55 Å². The zero-order valence-electron chi connectivity index (χ0n) is 22.8. The maximum atomic E-state index is 13.8. The third-order valence-electron chi connectivity index (χ3n) is 6.75. The molecule has 0 bridgehead atoms. The number of fused-ring (bicyclic) bond motifs is 1. The molecule has 0 saturated heterocycles. The highest BCUT2D eigenvalue weighted by Gasteiger charge is 2.19. The molecule has 5 nitrogen and oxygen atoms in total. The number of amides is 1. The Morgan fingerprint density at radius 2 is 1.64 bits per heavy atom. The van der Waals surface area contributed by atoms with E-state index in [9.17, 15) is 4.79 Å². The molecule has 0 fully saturated rings. The summed E-state index contributed by atoms with van der Waals surface area (Å²) in [6.45, 7) is 4.09. The summed E-state index contributed by atoms with van der Waals surface area (Å²) in [4.78, 5) is 24.4. The van der Waals surface area contributed by atoms with Crippen LogP contribution in [0.4, 0.5) is 10.8 Å². The zero-order chi connectivity index (χ0) is 29.2. The number of rotatable bonds is 6. The molecule has 2 aromatic heterocycles. The number of carbonyl (C=O) groups is 1. The molecule has 8 heteroatoms. The standard InChI is InChI=1S/C34H25Br2N3O2S/c1-3-29-30(23-14-12-22(13-15-23)21-9-5-4-6-10-21)38-34(42-29)39-32(40)27-18-24-17-25(35)19-28(36)31(24)41-33(27)37-26-11-7-8-20(2)16-26/h4-19H,3H2,1-2H3,(H,38,39,40). The molecular formula is C34H25Br2N3O2S. The van der Waals surface area contributed by atoms with E-state index in [4.69, 9.17) is 14.4 Å². The van der Waals surface area contributed by atoms with Gasteiger partial charge >= 0.3 is 0 Å². The smallest absolute Gasteiger partial charge is 0.262 e. The first-order valence-electron chi connectivity index (χ1n) is 13.4. The Balaban J connectivity index is 1.37. The van der Waals surface area contributed by atoms with Gasteiger partial charge in [0.05, 0.1) is 15.9 Å². The van der Waals surface area contributed by atoms with Crippen LogP contribution in [0.5, 0.6) is 0 Å². The third kappa shape index (κ3) is 6.02. The highest BCUT2D eigenvalue weighted by atomic mass is 79.9. The summed E-state index contributed by atoms with van der Waals surface area (Å²) in [5.41, 5.74) is 7.09. The number of carbonyl (C=O) groups excluding carboxylic acids is 1. The van der Waals surface area contributed by atoms with E-state index < -0.39 is 0 Å². The van der Waals surface area contributed by atoms with Gasteiger partial charge in [-0.25, -0.2) is 9.98 Å². The van der Waals surface area contributed by atoms with E-state index in [-0.39, 0.29) is 11.5 Å². The lowest BCUT2D eigenvalue weighted by molar-refractivity contribution is 0.102. The highest BCUT2D eigenvalue weighted by molar-refractivity contribution is 9.11. The minimum Gasteiger partial charge on any atom is -0.436 e. The van der Waals surface area contributed by atoms with Crippen molar-refractivity contribution in [1.29, 1.82) is 0 Å². The lowest BCUT2D eigenvalue weighted by Crippen LogP contribution is -2.21. The molecule has 0 aliphatic heterocycles. The summed E-state index contributed by atoms with van der Waals surface area (Å²) >= 11 is 8.59. The van der Waals surface area contributed by atoms with Crippen molar-refractivity contribution in [3.63, 3.8) is 0 Å². The summed E-state index contributed by atoms with van der Waals surface area (Å²) in [6.07, 6.45) is 0.796. The molecule has 6 aromatic rings. The summed E-state index contributed by atoms with van der Waals surface area (Å²) in [7, 11) is 0. The molecule has 0 atom stereocenters. The second-order valence-electron chi connectivity index (χ2n) is 9.76. The van der Waals surface area contributed by atoms with E-state index in [0.29, 0.717) is 22.0 Å². The van der Waals surface area contributed by atoms with Gasteiger partial charge in [-0.05, 0) is 76.3 Å². The summed E-state index contributed by atoms with van der Waals surface area (Å²) in [6, 6.07) is 32.0. The van der Waals surface area contributed by atoms with Gasteiger partial charge in [-0.15, -0.1) is 11.3 Å². The average Bonchev–Trinajstić information content (AvgIpc) is 3.40. The van der Waals surface area contributed by atoms with E-state index in [1.807, 2.05) is 61.5 Å². The molecule has 2 heterocycles. The van der Waals surface area contributed by atoms with Crippen LogP contribution in [0, 0.1) is 6.92 Å². The number of nitrogens with zero attached hydrogens (tertiary/aromatic N) is 2. The van der Waals surface area contributed by atoms with Gasteiger partial charge in [-0.3, -0.25) is 10.1 Å². The van der Waals surface area contributed by atoms with Gasteiger partial charge in [0, 0.05) is 20.3 Å². The topological polar surface area (TPSA) is 67.5 Å². The summed E-state index contributed by atoms with van der Waals surface area (Å²) < 4.78 is 7.86. The molecule has 0 aliphatic rings. The minimum absolute atomic E-state index is 0.220. The van der Waals surface area contributed by atoms with Crippen molar-refractivity contribution < 1.29 is 9.21 Å². The number of nitrogens with one attached hydrogen (secondary N) is 1. The fourth-order valence-electron chi connectivity index (χ4n) is 4.71. The Bertz CT molecular complexity index is 2000. The van der Waals surface area contributed by atoms with Gasteiger partial charge in [0.1, 0.15) is 5.56 Å². The molecule has 208 valence electrons. The molecule has 0 aliphatic carbocycles. The van der Waals surface area contributed by atoms with Crippen LogP contribution in [0.1, 0.15) is 27.7 Å². The Kier molecular flexibility index (Phi) is 8.20. The maximum absolute atomic E-state index is 13.8. The number of anilines is 1. The summed E-state index contributed by atoms with van der Waals surface area (Å²) in [5.74, 6) is -0.342.